The number of carbonyl (C=O) groups excluding carboxylic acids is 1. The summed E-state index contributed by atoms with van der Waals surface area (Å²) in [4.78, 5) is 19.4. The van der Waals surface area contributed by atoms with Gasteiger partial charge in [-0.15, -0.1) is 0 Å². The van der Waals surface area contributed by atoms with Gasteiger partial charge in [0.15, 0.2) is 5.11 Å². The van der Waals surface area contributed by atoms with Crippen molar-refractivity contribution in [3.05, 3.63) is 113 Å². The van der Waals surface area contributed by atoms with Gasteiger partial charge in [-0.1, -0.05) is 24.3 Å². The number of nitrogens with one attached hydrogen (secondary N) is 2. The topological polar surface area (TPSA) is 62.2 Å². The Hall–Kier alpha value is -4.18. The minimum atomic E-state index is -4.45. The van der Waals surface area contributed by atoms with E-state index in [0.29, 0.717) is 17.3 Å². The fourth-order valence-corrected chi connectivity index (χ4v) is 5.79. The SMILES string of the molecule is Cc1cccc(NC(=O)CCN2C(=S)NC(c3ccccn3)C2c2cc(C)n(-c3cccc(C(F)(F)F)c3)c2C)c1. The second-order valence-corrected chi connectivity index (χ2v) is 10.6. The molecule has 1 amide bonds. The standard InChI is InChI=1S/C31H30F3N5OS/c1-19-8-6-10-23(16-19)36-27(40)13-15-38-29(28(37-30(38)41)26-12-4-5-14-35-26)25-17-20(2)39(21(25)3)24-11-7-9-22(18-24)31(32,33)34/h4-12,14,16-18,28-29H,13,15H2,1-3H3,(H,36,40)(H,37,41). The summed E-state index contributed by atoms with van der Waals surface area (Å²) in [6.07, 6.45) is -2.55. The van der Waals surface area contributed by atoms with Gasteiger partial charge >= 0.3 is 6.18 Å². The Kier molecular flexibility index (Phi) is 7.86. The van der Waals surface area contributed by atoms with Crippen LogP contribution in [0.3, 0.4) is 0 Å². The van der Waals surface area contributed by atoms with Gasteiger partial charge in [0.05, 0.1) is 23.3 Å². The summed E-state index contributed by atoms with van der Waals surface area (Å²) in [6.45, 7) is 6.06. The van der Waals surface area contributed by atoms with Gasteiger partial charge in [0.1, 0.15) is 0 Å². The van der Waals surface area contributed by atoms with Crippen LogP contribution in [0.1, 0.15) is 52.3 Å². The molecular formula is C31H30F3N5OS. The molecule has 5 rings (SSSR count). The molecule has 0 spiro atoms. The Balaban J connectivity index is 1.49. The van der Waals surface area contributed by atoms with E-state index >= 15 is 0 Å². The monoisotopic (exact) mass is 577 g/mol. The number of nitrogens with zero attached hydrogens (tertiary/aromatic N) is 3. The minimum absolute atomic E-state index is 0.145. The fourth-order valence-electron chi connectivity index (χ4n) is 5.46. The van der Waals surface area contributed by atoms with E-state index in [9.17, 15) is 18.0 Å². The first kappa shape index (κ1) is 28.4. The lowest BCUT2D eigenvalue weighted by Crippen LogP contribution is -2.32. The first-order valence-corrected chi connectivity index (χ1v) is 13.6. The molecule has 2 N–H and O–H groups in total. The molecule has 3 heterocycles. The van der Waals surface area contributed by atoms with Gasteiger partial charge in [0, 0.05) is 41.9 Å². The highest BCUT2D eigenvalue weighted by molar-refractivity contribution is 7.80. The summed E-state index contributed by atoms with van der Waals surface area (Å²) in [7, 11) is 0. The number of amides is 1. The number of hydrogen-bond acceptors (Lipinski definition) is 3. The first-order valence-electron chi connectivity index (χ1n) is 13.2. The zero-order chi connectivity index (χ0) is 29.3. The van der Waals surface area contributed by atoms with Crippen LogP contribution in [-0.4, -0.2) is 32.0 Å². The zero-order valence-corrected chi connectivity index (χ0v) is 23.7. The lowest BCUT2D eigenvalue weighted by Gasteiger charge is -2.28. The Bertz CT molecular complexity index is 1580. The number of thiocarbonyl (C=S) groups is 1. The number of aromatic nitrogens is 2. The van der Waals surface area contributed by atoms with Gasteiger partial charge in [-0.25, -0.2) is 0 Å². The van der Waals surface area contributed by atoms with Gasteiger partial charge in [0.2, 0.25) is 5.91 Å². The molecule has 10 heteroatoms. The van der Waals surface area contributed by atoms with E-state index in [4.69, 9.17) is 12.2 Å². The van der Waals surface area contributed by atoms with E-state index in [-0.39, 0.29) is 24.4 Å². The molecule has 212 valence electrons. The summed E-state index contributed by atoms with van der Waals surface area (Å²) in [6, 6.07) is 19.9. The third-order valence-electron chi connectivity index (χ3n) is 7.30. The Morgan fingerprint density at radius 3 is 2.51 bits per heavy atom. The van der Waals surface area contributed by atoms with Crippen molar-refractivity contribution < 1.29 is 18.0 Å². The first-order chi connectivity index (χ1) is 19.5. The van der Waals surface area contributed by atoms with Crippen LogP contribution in [0.15, 0.2) is 79.0 Å². The van der Waals surface area contributed by atoms with Crippen LogP contribution in [0, 0.1) is 20.8 Å². The second-order valence-electron chi connectivity index (χ2n) is 10.2. The predicted molar refractivity (Wildman–Crippen MR) is 157 cm³/mol. The van der Waals surface area contributed by atoms with Crippen LogP contribution in [0.5, 0.6) is 0 Å². The minimum Gasteiger partial charge on any atom is -0.352 e. The fraction of sp³-hybridized carbons (Fsp3) is 0.258. The summed E-state index contributed by atoms with van der Waals surface area (Å²) >= 11 is 5.75. The maximum Gasteiger partial charge on any atom is 0.416 e. The molecule has 0 saturated carbocycles. The van der Waals surface area contributed by atoms with Crippen molar-refractivity contribution in [3.8, 4) is 5.69 Å². The lowest BCUT2D eigenvalue weighted by molar-refractivity contribution is -0.137. The Morgan fingerprint density at radius 1 is 1.02 bits per heavy atom. The van der Waals surface area contributed by atoms with Gasteiger partial charge < -0.3 is 20.1 Å². The quantitative estimate of drug-likeness (QED) is 0.236. The Morgan fingerprint density at radius 2 is 1.80 bits per heavy atom. The van der Waals surface area contributed by atoms with Crippen molar-refractivity contribution in [3.63, 3.8) is 0 Å². The number of halogens is 3. The van der Waals surface area contributed by atoms with Gasteiger partial charge in [-0.05, 0) is 92.6 Å². The molecular weight excluding hydrogens is 547 g/mol. The molecule has 1 saturated heterocycles. The smallest absolute Gasteiger partial charge is 0.352 e. The lowest BCUT2D eigenvalue weighted by atomic mass is 9.96. The van der Waals surface area contributed by atoms with Crippen molar-refractivity contribution in [1.29, 1.82) is 0 Å². The Labute approximate surface area is 242 Å². The van der Waals surface area contributed by atoms with E-state index in [1.54, 1.807) is 12.3 Å². The molecule has 0 bridgehead atoms. The molecule has 41 heavy (non-hydrogen) atoms. The van der Waals surface area contributed by atoms with Crippen molar-refractivity contribution in [2.75, 3.05) is 11.9 Å². The third-order valence-corrected chi connectivity index (χ3v) is 7.65. The average molecular weight is 578 g/mol. The zero-order valence-electron chi connectivity index (χ0n) is 22.9. The van der Waals surface area contributed by atoms with Crippen LogP contribution >= 0.6 is 12.2 Å². The summed E-state index contributed by atoms with van der Waals surface area (Å²) < 4.78 is 42.3. The van der Waals surface area contributed by atoms with Crippen molar-refractivity contribution in [2.24, 2.45) is 0 Å². The van der Waals surface area contributed by atoms with Crippen molar-refractivity contribution in [1.82, 2.24) is 19.8 Å². The van der Waals surface area contributed by atoms with E-state index in [1.165, 1.54) is 6.07 Å². The van der Waals surface area contributed by atoms with Crippen LogP contribution in [-0.2, 0) is 11.0 Å². The maximum absolute atomic E-state index is 13.5. The number of benzene rings is 2. The summed E-state index contributed by atoms with van der Waals surface area (Å²) in [5.74, 6) is -0.145. The molecule has 1 aliphatic heterocycles. The van der Waals surface area contributed by atoms with Gasteiger partial charge in [-0.3, -0.25) is 9.78 Å². The molecule has 1 aliphatic rings. The van der Waals surface area contributed by atoms with Crippen LogP contribution in [0.4, 0.5) is 18.9 Å². The van der Waals surface area contributed by atoms with E-state index in [0.717, 1.165) is 46.0 Å². The summed E-state index contributed by atoms with van der Waals surface area (Å²) in [5, 5.41) is 6.81. The largest absolute Gasteiger partial charge is 0.416 e. The normalized spacial score (nSPS) is 17.0. The number of pyridine rings is 1. The van der Waals surface area contributed by atoms with Crippen LogP contribution in [0.25, 0.3) is 5.69 Å². The third kappa shape index (κ3) is 5.97. The van der Waals surface area contributed by atoms with E-state index in [1.807, 2.05) is 78.8 Å². The van der Waals surface area contributed by atoms with E-state index < -0.39 is 11.7 Å². The number of carbonyl (C=O) groups is 1. The molecule has 2 atom stereocenters. The van der Waals surface area contributed by atoms with Gasteiger partial charge in [-0.2, -0.15) is 13.2 Å². The molecule has 2 unspecified atom stereocenters. The van der Waals surface area contributed by atoms with Crippen molar-refractivity contribution >= 4 is 28.9 Å². The second kappa shape index (κ2) is 11.4. The number of hydrogen-bond donors (Lipinski definition) is 2. The van der Waals surface area contributed by atoms with Crippen LogP contribution < -0.4 is 10.6 Å². The predicted octanol–water partition coefficient (Wildman–Crippen LogP) is 6.82. The van der Waals surface area contributed by atoms with Crippen LogP contribution in [0.2, 0.25) is 0 Å². The molecule has 2 aromatic heterocycles. The molecule has 4 aromatic rings. The number of anilines is 1. The highest BCUT2D eigenvalue weighted by Crippen LogP contribution is 2.42. The number of alkyl halides is 3. The molecule has 2 aromatic carbocycles. The molecule has 1 fully saturated rings. The molecule has 0 aliphatic carbocycles. The molecule has 0 radical (unpaired) electrons. The van der Waals surface area contributed by atoms with Crippen molar-refractivity contribution in [2.45, 2.75) is 45.5 Å². The average Bonchev–Trinajstić information content (AvgIpc) is 3.41. The molecule has 6 nitrogen and oxygen atoms in total. The number of aryl methyl sites for hydroxylation is 2. The highest BCUT2D eigenvalue weighted by Gasteiger charge is 2.41. The maximum atomic E-state index is 13.5. The highest BCUT2D eigenvalue weighted by atomic mass is 32.1. The van der Waals surface area contributed by atoms with E-state index in [2.05, 4.69) is 15.6 Å². The van der Waals surface area contributed by atoms with Gasteiger partial charge in [0.25, 0.3) is 0 Å². The summed E-state index contributed by atoms with van der Waals surface area (Å²) in [5.41, 5.74) is 4.72. The number of rotatable bonds is 7.